The van der Waals surface area contributed by atoms with Gasteiger partial charge in [0.15, 0.2) is 0 Å². The fraction of sp³-hybridized carbons (Fsp3) is 0.667. The van der Waals surface area contributed by atoms with Gasteiger partial charge in [-0.05, 0) is 43.4 Å². The number of allylic oxidation sites excluding steroid dienone is 1. The first-order valence-corrected chi connectivity index (χ1v) is 14.9. The molecule has 32 heavy (non-hydrogen) atoms. The molecule has 1 aromatic carbocycles. The van der Waals surface area contributed by atoms with Crippen LogP contribution < -0.4 is 0 Å². The summed E-state index contributed by atoms with van der Waals surface area (Å²) in [5.41, 5.74) is 2.58. The van der Waals surface area contributed by atoms with E-state index in [-0.39, 0.29) is 0 Å². The summed E-state index contributed by atoms with van der Waals surface area (Å²) >= 11 is 10.9. The van der Waals surface area contributed by atoms with Crippen LogP contribution in [0.4, 0.5) is 0 Å². The Balaban J connectivity index is 2.92. The standard InChI is InChI=1S/C27H41Br3O2/c1-3-5-7-9-11-12-14-16-18-23(27(31)32)22(17-15-13-10-8-6-4-2)26-24(29)19-21(28)20-25(26)30/h19-20H,3-18H2,1-2H3,(H,31,32). The van der Waals surface area contributed by atoms with E-state index in [0.29, 0.717) is 12.0 Å². The van der Waals surface area contributed by atoms with Crippen LogP contribution in [0.15, 0.2) is 31.1 Å². The lowest BCUT2D eigenvalue weighted by atomic mass is 9.91. The van der Waals surface area contributed by atoms with Crippen molar-refractivity contribution in [3.63, 3.8) is 0 Å². The molecule has 1 aromatic rings. The van der Waals surface area contributed by atoms with Crippen LogP contribution in [0.2, 0.25) is 0 Å². The zero-order chi connectivity index (χ0) is 23.8. The molecule has 0 bridgehead atoms. The highest BCUT2D eigenvalue weighted by atomic mass is 79.9. The summed E-state index contributed by atoms with van der Waals surface area (Å²) in [6.45, 7) is 4.47. The van der Waals surface area contributed by atoms with Gasteiger partial charge in [0.05, 0.1) is 0 Å². The second-order valence-corrected chi connectivity index (χ2v) is 11.4. The van der Waals surface area contributed by atoms with Crippen LogP contribution in [-0.2, 0) is 4.79 Å². The van der Waals surface area contributed by atoms with Gasteiger partial charge in [-0.2, -0.15) is 0 Å². The molecule has 0 aromatic heterocycles. The predicted octanol–water partition coefficient (Wildman–Crippen LogP) is 11.1. The minimum absolute atomic E-state index is 0.591. The second kappa shape index (κ2) is 18.2. The molecule has 2 nitrogen and oxygen atoms in total. The second-order valence-electron chi connectivity index (χ2n) is 8.75. The van der Waals surface area contributed by atoms with Gasteiger partial charge in [-0.25, -0.2) is 4.79 Å². The highest BCUT2D eigenvalue weighted by Gasteiger charge is 2.20. The summed E-state index contributed by atoms with van der Waals surface area (Å²) in [5.74, 6) is -0.768. The molecule has 0 saturated heterocycles. The van der Waals surface area contributed by atoms with E-state index in [9.17, 15) is 9.90 Å². The summed E-state index contributed by atoms with van der Waals surface area (Å²) in [6.07, 6.45) is 18.4. The summed E-state index contributed by atoms with van der Waals surface area (Å²) in [5, 5.41) is 10.1. The van der Waals surface area contributed by atoms with Crippen molar-refractivity contribution in [1.82, 2.24) is 0 Å². The van der Waals surface area contributed by atoms with Crippen molar-refractivity contribution >= 4 is 59.3 Å². The number of halogens is 3. The Hall–Kier alpha value is -0.130. The topological polar surface area (TPSA) is 37.3 Å². The molecule has 1 rings (SSSR count). The molecule has 0 saturated carbocycles. The van der Waals surface area contributed by atoms with Crippen LogP contribution in [0.5, 0.6) is 0 Å². The van der Waals surface area contributed by atoms with Crippen molar-refractivity contribution < 1.29 is 9.90 Å². The lowest BCUT2D eigenvalue weighted by Crippen LogP contribution is -2.06. The molecule has 1 N–H and O–H groups in total. The number of hydrogen-bond donors (Lipinski definition) is 1. The fourth-order valence-electron chi connectivity index (χ4n) is 4.16. The number of aliphatic carboxylic acids is 1. The van der Waals surface area contributed by atoms with Crippen LogP contribution in [0.25, 0.3) is 5.57 Å². The van der Waals surface area contributed by atoms with Crippen molar-refractivity contribution in [3.05, 3.63) is 36.7 Å². The Bertz CT molecular complexity index is 690. The van der Waals surface area contributed by atoms with Crippen molar-refractivity contribution in [3.8, 4) is 0 Å². The van der Waals surface area contributed by atoms with Gasteiger partial charge in [0, 0.05) is 24.6 Å². The molecule has 0 amide bonds. The third-order valence-corrected chi connectivity index (χ3v) is 7.70. The van der Waals surface area contributed by atoms with Crippen molar-refractivity contribution in [2.75, 3.05) is 0 Å². The zero-order valence-corrected chi connectivity index (χ0v) is 24.7. The third-order valence-electron chi connectivity index (χ3n) is 5.99. The van der Waals surface area contributed by atoms with Crippen LogP contribution in [0, 0.1) is 0 Å². The largest absolute Gasteiger partial charge is 0.478 e. The maximum Gasteiger partial charge on any atom is 0.331 e. The van der Waals surface area contributed by atoms with E-state index >= 15 is 0 Å². The van der Waals surface area contributed by atoms with Crippen LogP contribution >= 0.6 is 47.8 Å². The van der Waals surface area contributed by atoms with Gasteiger partial charge in [0.2, 0.25) is 0 Å². The number of rotatable bonds is 18. The van der Waals surface area contributed by atoms with Gasteiger partial charge in [-0.3, -0.25) is 0 Å². The van der Waals surface area contributed by atoms with Gasteiger partial charge in [0.25, 0.3) is 0 Å². The molecule has 5 heteroatoms. The van der Waals surface area contributed by atoms with Gasteiger partial charge in [-0.15, -0.1) is 0 Å². The molecule has 0 unspecified atom stereocenters. The Morgan fingerprint density at radius 2 is 1.09 bits per heavy atom. The van der Waals surface area contributed by atoms with Gasteiger partial charge < -0.3 is 5.11 Å². The minimum atomic E-state index is -0.768. The van der Waals surface area contributed by atoms with E-state index in [1.165, 1.54) is 64.2 Å². The molecule has 0 heterocycles. The van der Waals surface area contributed by atoms with E-state index in [4.69, 9.17) is 0 Å². The smallest absolute Gasteiger partial charge is 0.331 e. The zero-order valence-electron chi connectivity index (χ0n) is 20.0. The summed E-state index contributed by atoms with van der Waals surface area (Å²) in [6, 6.07) is 4.02. The first-order chi connectivity index (χ1) is 15.4. The summed E-state index contributed by atoms with van der Waals surface area (Å²) in [4.78, 5) is 12.3. The molecule has 0 fully saturated rings. The molecule has 0 spiro atoms. The highest BCUT2D eigenvalue weighted by Crippen LogP contribution is 2.39. The number of hydrogen-bond acceptors (Lipinski definition) is 1. The fourth-order valence-corrected chi connectivity index (χ4v) is 6.90. The Kier molecular flexibility index (Phi) is 17.0. The van der Waals surface area contributed by atoms with E-state index in [1.807, 2.05) is 12.1 Å². The summed E-state index contributed by atoms with van der Waals surface area (Å²) in [7, 11) is 0. The van der Waals surface area contributed by atoms with Gasteiger partial charge >= 0.3 is 5.97 Å². The van der Waals surface area contributed by atoms with Crippen LogP contribution in [0.3, 0.4) is 0 Å². The SMILES string of the molecule is CCCCCCCCCCC(C(=O)O)=C(CCCCCCCC)c1c(Br)cc(Br)cc1Br. The molecule has 0 atom stereocenters. The summed E-state index contributed by atoms with van der Waals surface area (Å²) < 4.78 is 2.85. The van der Waals surface area contributed by atoms with E-state index in [2.05, 4.69) is 61.6 Å². The monoisotopic (exact) mass is 634 g/mol. The minimum Gasteiger partial charge on any atom is -0.478 e. The maximum atomic E-state index is 12.3. The van der Waals surface area contributed by atoms with Crippen molar-refractivity contribution in [2.45, 2.75) is 117 Å². The van der Waals surface area contributed by atoms with E-state index in [1.54, 1.807) is 0 Å². The number of unbranched alkanes of at least 4 members (excludes halogenated alkanes) is 12. The lowest BCUT2D eigenvalue weighted by Gasteiger charge is -2.17. The molecule has 0 aliphatic rings. The lowest BCUT2D eigenvalue weighted by molar-refractivity contribution is -0.132. The first-order valence-electron chi connectivity index (χ1n) is 12.5. The number of carboxylic acid groups (broad SMARTS) is 1. The molecular formula is C27H41Br3O2. The molecule has 182 valence electrons. The third kappa shape index (κ3) is 11.8. The molecule has 0 aliphatic carbocycles. The predicted molar refractivity (Wildman–Crippen MR) is 149 cm³/mol. The number of benzene rings is 1. The Labute approximate surface area is 221 Å². The molecule has 0 aliphatic heterocycles. The quantitative estimate of drug-likeness (QED) is 0.129. The number of carbonyl (C=O) groups is 1. The average Bonchev–Trinajstić information content (AvgIpc) is 2.73. The van der Waals surface area contributed by atoms with Crippen molar-refractivity contribution in [2.24, 2.45) is 0 Å². The van der Waals surface area contributed by atoms with Crippen LogP contribution in [0.1, 0.15) is 122 Å². The van der Waals surface area contributed by atoms with Gasteiger partial charge in [0.1, 0.15) is 0 Å². The molecule has 0 radical (unpaired) electrons. The maximum absolute atomic E-state index is 12.3. The highest BCUT2D eigenvalue weighted by molar-refractivity contribution is 9.11. The van der Waals surface area contributed by atoms with Gasteiger partial charge in [-0.1, -0.05) is 139 Å². The van der Waals surface area contributed by atoms with E-state index in [0.717, 1.165) is 56.7 Å². The number of carboxylic acids is 1. The Morgan fingerprint density at radius 1 is 0.688 bits per heavy atom. The normalized spacial score (nSPS) is 12.2. The first kappa shape index (κ1) is 29.9. The van der Waals surface area contributed by atoms with Crippen molar-refractivity contribution in [1.29, 1.82) is 0 Å². The van der Waals surface area contributed by atoms with Crippen LogP contribution in [-0.4, -0.2) is 11.1 Å². The van der Waals surface area contributed by atoms with E-state index < -0.39 is 5.97 Å². The Morgan fingerprint density at radius 3 is 1.53 bits per heavy atom. The average molecular weight is 637 g/mol. The molecular weight excluding hydrogens is 596 g/mol.